The van der Waals surface area contributed by atoms with E-state index in [2.05, 4.69) is 42.8 Å². The quantitative estimate of drug-likeness (QED) is 0.776. The molecule has 0 aliphatic carbocycles. The molecule has 0 amide bonds. The van der Waals surface area contributed by atoms with Crippen LogP contribution in [0.1, 0.15) is 12.8 Å². The SMILES string of the molecule is CNC1CCCN(c2nc[nH]c(=O)c2I)C1. The summed E-state index contributed by atoms with van der Waals surface area (Å²) in [6.07, 6.45) is 3.80. The van der Waals surface area contributed by atoms with Gasteiger partial charge >= 0.3 is 0 Å². The summed E-state index contributed by atoms with van der Waals surface area (Å²) in [5.74, 6) is 0.810. The number of piperidine rings is 1. The van der Waals surface area contributed by atoms with E-state index in [0.717, 1.165) is 25.3 Å². The summed E-state index contributed by atoms with van der Waals surface area (Å²) in [5, 5.41) is 3.28. The zero-order chi connectivity index (χ0) is 11.5. The molecule has 1 fully saturated rings. The predicted molar refractivity (Wildman–Crippen MR) is 71.9 cm³/mol. The minimum absolute atomic E-state index is 0.0582. The van der Waals surface area contributed by atoms with Crippen molar-refractivity contribution < 1.29 is 0 Å². The summed E-state index contributed by atoms with van der Waals surface area (Å²) in [5.41, 5.74) is -0.0582. The highest BCUT2D eigenvalue weighted by atomic mass is 127. The molecule has 0 saturated carbocycles. The Balaban J connectivity index is 2.23. The van der Waals surface area contributed by atoms with Gasteiger partial charge in [0.2, 0.25) is 0 Å². The minimum atomic E-state index is -0.0582. The summed E-state index contributed by atoms with van der Waals surface area (Å²) >= 11 is 2.06. The predicted octanol–water partition coefficient (Wildman–Crippen LogP) is 0.563. The van der Waals surface area contributed by atoms with Crippen molar-refractivity contribution in [2.75, 3.05) is 25.0 Å². The molecule has 1 aliphatic rings. The van der Waals surface area contributed by atoms with Crippen LogP contribution in [0.4, 0.5) is 5.82 Å². The number of nitrogens with zero attached hydrogens (tertiary/aromatic N) is 2. The lowest BCUT2D eigenvalue weighted by atomic mass is 10.1. The van der Waals surface area contributed by atoms with Gasteiger partial charge in [-0.15, -0.1) is 0 Å². The van der Waals surface area contributed by atoms with Crippen molar-refractivity contribution in [3.8, 4) is 0 Å². The Hall–Kier alpha value is -0.630. The zero-order valence-corrected chi connectivity index (χ0v) is 11.3. The first-order valence-corrected chi connectivity index (χ1v) is 6.45. The molecule has 2 rings (SSSR count). The first-order chi connectivity index (χ1) is 7.72. The van der Waals surface area contributed by atoms with Crippen molar-refractivity contribution in [3.63, 3.8) is 0 Å². The molecular formula is C10H15IN4O. The van der Waals surface area contributed by atoms with Crippen molar-refractivity contribution in [1.29, 1.82) is 0 Å². The minimum Gasteiger partial charge on any atom is -0.354 e. The molecule has 1 aromatic rings. The van der Waals surface area contributed by atoms with E-state index < -0.39 is 0 Å². The summed E-state index contributed by atoms with van der Waals surface area (Å²) in [6, 6.07) is 0.491. The van der Waals surface area contributed by atoms with Crippen LogP contribution in [-0.4, -0.2) is 36.1 Å². The van der Waals surface area contributed by atoms with Gasteiger partial charge in [-0.25, -0.2) is 4.98 Å². The lowest BCUT2D eigenvalue weighted by Gasteiger charge is -2.33. The number of likely N-dealkylation sites (N-methyl/N-ethyl adjacent to an activating group) is 1. The second-order valence-electron chi connectivity index (χ2n) is 3.94. The maximum absolute atomic E-state index is 11.5. The molecule has 0 radical (unpaired) electrons. The van der Waals surface area contributed by atoms with Gasteiger partial charge in [0.05, 0.1) is 6.33 Å². The number of hydrogen-bond acceptors (Lipinski definition) is 4. The van der Waals surface area contributed by atoms with Crippen LogP contribution in [0, 0.1) is 3.57 Å². The topological polar surface area (TPSA) is 61.0 Å². The number of anilines is 1. The normalized spacial score (nSPS) is 21.1. The van der Waals surface area contributed by atoms with E-state index in [4.69, 9.17) is 0 Å². The maximum atomic E-state index is 11.5. The fourth-order valence-electron chi connectivity index (χ4n) is 2.00. The highest BCUT2D eigenvalue weighted by Gasteiger charge is 2.21. The number of hydrogen-bond donors (Lipinski definition) is 2. The Morgan fingerprint density at radius 2 is 2.50 bits per heavy atom. The third-order valence-corrected chi connectivity index (χ3v) is 3.88. The number of halogens is 1. The van der Waals surface area contributed by atoms with Crippen molar-refractivity contribution in [1.82, 2.24) is 15.3 Å². The number of rotatable bonds is 2. The zero-order valence-electron chi connectivity index (χ0n) is 9.16. The van der Waals surface area contributed by atoms with E-state index in [1.54, 1.807) is 0 Å². The third-order valence-electron chi connectivity index (χ3n) is 2.91. The highest BCUT2D eigenvalue weighted by molar-refractivity contribution is 14.1. The van der Waals surface area contributed by atoms with Gasteiger partial charge in [-0.1, -0.05) is 0 Å². The lowest BCUT2D eigenvalue weighted by Crippen LogP contribution is -2.45. The maximum Gasteiger partial charge on any atom is 0.266 e. The first kappa shape index (κ1) is 11.8. The molecule has 0 spiro atoms. The fraction of sp³-hybridized carbons (Fsp3) is 0.600. The molecule has 1 saturated heterocycles. The van der Waals surface area contributed by atoms with E-state index in [1.807, 2.05) is 7.05 Å². The van der Waals surface area contributed by atoms with E-state index >= 15 is 0 Å². The Kier molecular flexibility index (Phi) is 3.80. The fourth-order valence-corrected chi connectivity index (χ4v) is 2.64. The molecule has 6 heteroatoms. The molecule has 0 aromatic carbocycles. The Bertz CT molecular complexity index is 420. The molecular weight excluding hydrogens is 319 g/mol. The van der Waals surface area contributed by atoms with Crippen LogP contribution in [0.2, 0.25) is 0 Å². The van der Waals surface area contributed by atoms with Gasteiger partial charge in [0.1, 0.15) is 9.39 Å². The lowest BCUT2D eigenvalue weighted by molar-refractivity contribution is 0.447. The first-order valence-electron chi connectivity index (χ1n) is 5.37. The van der Waals surface area contributed by atoms with Gasteiger partial charge in [0.15, 0.2) is 0 Å². The standard InChI is InChI=1S/C10H15IN4O/c1-12-7-3-2-4-15(5-7)9-8(11)10(16)14-6-13-9/h6-7,12H,2-5H2,1H3,(H,13,14,16). The van der Waals surface area contributed by atoms with E-state index in [9.17, 15) is 4.79 Å². The molecule has 1 unspecified atom stereocenters. The van der Waals surface area contributed by atoms with Crippen LogP contribution in [0.25, 0.3) is 0 Å². The highest BCUT2D eigenvalue weighted by Crippen LogP contribution is 2.20. The summed E-state index contributed by atoms with van der Waals surface area (Å²) < 4.78 is 0.678. The van der Waals surface area contributed by atoms with Crippen molar-refractivity contribution in [2.24, 2.45) is 0 Å². The Morgan fingerprint density at radius 1 is 1.69 bits per heavy atom. The van der Waals surface area contributed by atoms with Crippen LogP contribution in [0.15, 0.2) is 11.1 Å². The van der Waals surface area contributed by atoms with Crippen LogP contribution < -0.4 is 15.8 Å². The summed E-state index contributed by atoms with van der Waals surface area (Å²) in [6.45, 7) is 1.90. The van der Waals surface area contributed by atoms with Gasteiger partial charge in [-0.3, -0.25) is 4.79 Å². The van der Waals surface area contributed by atoms with Crippen molar-refractivity contribution >= 4 is 28.4 Å². The molecule has 16 heavy (non-hydrogen) atoms. The van der Waals surface area contributed by atoms with Crippen LogP contribution >= 0.6 is 22.6 Å². The van der Waals surface area contributed by atoms with Crippen LogP contribution in [0.5, 0.6) is 0 Å². The molecule has 88 valence electrons. The monoisotopic (exact) mass is 334 g/mol. The second kappa shape index (κ2) is 5.13. The third kappa shape index (κ3) is 2.37. The van der Waals surface area contributed by atoms with Gasteiger partial charge in [-0.2, -0.15) is 0 Å². The number of aromatic amines is 1. The van der Waals surface area contributed by atoms with Crippen LogP contribution in [-0.2, 0) is 0 Å². The second-order valence-corrected chi connectivity index (χ2v) is 5.02. The van der Waals surface area contributed by atoms with Crippen molar-refractivity contribution in [2.45, 2.75) is 18.9 Å². The molecule has 1 atom stereocenters. The summed E-state index contributed by atoms with van der Waals surface area (Å²) in [4.78, 5) is 20.5. The van der Waals surface area contributed by atoms with Gasteiger partial charge in [0.25, 0.3) is 5.56 Å². The Morgan fingerprint density at radius 3 is 3.25 bits per heavy atom. The Labute approximate surface area is 108 Å². The number of H-pyrrole nitrogens is 1. The molecule has 1 aromatic heterocycles. The molecule has 0 bridgehead atoms. The summed E-state index contributed by atoms with van der Waals surface area (Å²) in [7, 11) is 1.98. The van der Waals surface area contributed by atoms with Gasteiger partial charge in [0, 0.05) is 19.1 Å². The van der Waals surface area contributed by atoms with E-state index in [0.29, 0.717) is 9.61 Å². The van der Waals surface area contributed by atoms with Crippen LogP contribution in [0.3, 0.4) is 0 Å². The molecule has 1 aliphatic heterocycles. The smallest absolute Gasteiger partial charge is 0.266 e. The molecule has 5 nitrogen and oxygen atoms in total. The molecule has 2 N–H and O–H groups in total. The van der Waals surface area contributed by atoms with Crippen molar-refractivity contribution in [3.05, 3.63) is 20.3 Å². The molecule has 2 heterocycles. The largest absolute Gasteiger partial charge is 0.354 e. The number of aromatic nitrogens is 2. The van der Waals surface area contributed by atoms with Gasteiger partial charge < -0.3 is 15.2 Å². The average Bonchev–Trinajstić information content (AvgIpc) is 2.33. The average molecular weight is 334 g/mol. The van der Waals surface area contributed by atoms with E-state index in [1.165, 1.54) is 12.7 Å². The van der Waals surface area contributed by atoms with Gasteiger partial charge in [-0.05, 0) is 42.5 Å². The van der Waals surface area contributed by atoms with E-state index in [-0.39, 0.29) is 5.56 Å². The number of nitrogens with one attached hydrogen (secondary N) is 2.